The highest BCUT2D eigenvalue weighted by Gasteiger charge is 2.11. The first-order valence-corrected chi connectivity index (χ1v) is 7.79. The van der Waals surface area contributed by atoms with E-state index in [-0.39, 0.29) is 16.6 Å². The second-order valence-electron chi connectivity index (χ2n) is 4.67. The number of hydrogen-bond donors (Lipinski definition) is 1. The molecule has 0 spiro atoms. The van der Waals surface area contributed by atoms with E-state index in [1.807, 2.05) is 0 Å². The molecule has 0 saturated heterocycles. The van der Waals surface area contributed by atoms with Crippen molar-refractivity contribution in [2.45, 2.75) is 0 Å². The fraction of sp³-hybridized carbons (Fsp3) is 0.0588. The quantitative estimate of drug-likeness (QED) is 0.569. The predicted octanol–water partition coefficient (Wildman–Crippen LogP) is 4.77. The van der Waals surface area contributed by atoms with Crippen LogP contribution in [0.4, 0.5) is 4.39 Å². The summed E-state index contributed by atoms with van der Waals surface area (Å²) in [5, 5.41) is 18.2. The summed E-state index contributed by atoms with van der Waals surface area (Å²) in [6, 6.07) is 10.8. The van der Waals surface area contributed by atoms with E-state index in [1.165, 1.54) is 24.3 Å². The first-order valence-electron chi connectivity index (χ1n) is 6.62. The van der Waals surface area contributed by atoms with Gasteiger partial charge >= 0.3 is 5.97 Å². The number of hydrogen-bond acceptors (Lipinski definition) is 3. The van der Waals surface area contributed by atoms with Crippen molar-refractivity contribution in [3.05, 3.63) is 62.8 Å². The van der Waals surface area contributed by atoms with E-state index in [9.17, 15) is 14.4 Å². The topological polar surface area (TPSA) is 70.3 Å². The summed E-state index contributed by atoms with van der Waals surface area (Å²) in [6.07, 6.45) is 1.59. The molecule has 2 aromatic rings. The molecule has 122 valence electrons. The van der Waals surface area contributed by atoms with Gasteiger partial charge < -0.3 is 9.84 Å². The van der Waals surface area contributed by atoms with Crippen molar-refractivity contribution < 1.29 is 19.0 Å². The van der Waals surface area contributed by atoms with Gasteiger partial charge in [-0.15, -0.1) is 0 Å². The summed E-state index contributed by atoms with van der Waals surface area (Å²) in [6.45, 7) is -0.521. The summed E-state index contributed by atoms with van der Waals surface area (Å²) in [5.41, 5.74) is 1.50. The van der Waals surface area contributed by atoms with Gasteiger partial charge in [-0.2, -0.15) is 5.26 Å². The monoisotopic (exact) mass is 409 g/mol. The largest absolute Gasteiger partial charge is 0.479 e. The van der Waals surface area contributed by atoms with Crippen LogP contribution in [0.25, 0.3) is 11.6 Å². The molecule has 0 aromatic heterocycles. The normalized spacial score (nSPS) is 11.0. The van der Waals surface area contributed by atoms with Gasteiger partial charge in [0.25, 0.3) is 0 Å². The SMILES string of the molecule is N#CC(=Cc1cc(Cl)c(OCC(=O)O)c(Br)c1)c1ccc(F)cc1. The number of rotatable bonds is 5. The third-order valence-corrected chi connectivity index (χ3v) is 3.82. The number of nitrogens with zero attached hydrogens (tertiary/aromatic N) is 1. The molecule has 0 aliphatic carbocycles. The van der Waals surface area contributed by atoms with Gasteiger partial charge in [0.05, 0.1) is 21.1 Å². The average Bonchev–Trinajstić information content (AvgIpc) is 2.52. The zero-order chi connectivity index (χ0) is 17.7. The number of allylic oxidation sites excluding steroid dienone is 1. The summed E-state index contributed by atoms with van der Waals surface area (Å²) < 4.78 is 18.5. The number of halogens is 3. The average molecular weight is 411 g/mol. The van der Waals surface area contributed by atoms with Crippen molar-refractivity contribution in [2.75, 3.05) is 6.61 Å². The molecule has 2 rings (SSSR count). The third kappa shape index (κ3) is 4.57. The molecule has 0 saturated carbocycles. The van der Waals surface area contributed by atoms with Crippen LogP contribution in [-0.2, 0) is 4.79 Å². The molecule has 0 aliphatic rings. The van der Waals surface area contributed by atoms with Crippen LogP contribution in [0.15, 0.2) is 40.9 Å². The van der Waals surface area contributed by atoms with Crippen molar-refractivity contribution in [3.8, 4) is 11.8 Å². The number of carboxylic acid groups (broad SMARTS) is 1. The minimum Gasteiger partial charge on any atom is -0.479 e. The summed E-state index contributed by atoms with van der Waals surface area (Å²) in [7, 11) is 0. The van der Waals surface area contributed by atoms with E-state index in [1.54, 1.807) is 18.2 Å². The molecule has 0 heterocycles. The van der Waals surface area contributed by atoms with Crippen LogP contribution in [-0.4, -0.2) is 17.7 Å². The first kappa shape index (κ1) is 18.0. The van der Waals surface area contributed by atoms with Gasteiger partial charge in [-0.05, 0) is 57.4 Å². The standard InChI is InChI=1S/C17H10BrClFNO3/c18-14-6-10(7-15(19)17(14)24-9-16(22)23)5-12(8-21)11-1-3-13(20)4-2-11/h1-7H,9H2,(H,22,23). The van der Waals surface area contributed by atoms with Crippen LogP contribution in [0.3, 0.4) is 0 Å². The Bertz CT molecular complexity index is 821. The zero-order valence-electron chi connectivity index (χ0n) is 12.1. The Balaban J connectivity index is 2.36. The maximum Gasteiger partial charge on any atom is 0.341 e. The second kappa shape index (κ2) is 7.95. The fourth-order valence-electron chi connectivity index (χ4n) is 1.91. The minimum absolute atomic E-state index is 0.202. The summed E-state index contributed by atoms with van der Waals surface area (Å²) in [4.78, 5) is 10.6. The molecular weight excluding hydrogens is 401 g/mol. The maximum absolute atomic E-state index is 13.0. The first-order chi connectivity index (χ1) is 11.4. The van der Waals surface area contributed by atoms with Crippen molar-refractivity contribution in [2.24, 2.45) is 0 Å². The van der Waals surface area contributed by atoms with Crippen LogP contribution in [0.5, 0.6) is 5.75 Å². The van der Waals surface area contributed by atoms with Gasteiger partial charge in [0.15, 0.2) is 12.4 Å². The molecule has 0 bridgehead atoms. The number of carboxylic acids is 1. The van der Waals surface area contributed by atoms with E-state index in [2.05, 4.69) is 22.0 Å². The highest BCUT2D eigenvalue weighted by molar-refractivity contribution is 9.10. The number of carbonyl (C=O) groups is 1. The van der Waals surface area contributed by atoms with E-state index in [4.69, 9.17) is 21.4 Å². The Morgan fingerprint density at radius 2 is 2.04 bits per heavy atom. The number of nitriles is 1. The number of benzene rings is 2. The molecule has 0 unspecified atom stereocenters. The van der Waals surface area contributed by atoms with Gasteiger partial charge in [-0.3, -0.25) is 0 Å². The Labute approximate surface area is 150 Å². The molecule has 4 nitrogen and oxygen atoms in total. The smallest absolute Gasteiger partial charge is 0.341 e. The van der Waals surface area contributed by atoms with Crippen LogP contribution >= 0.6 is 27.5 Å². The Hall–Kier alpha value is -2.36. The third-order valence-electron chi connectivity index (χ3n) is 2.95. The minimum atomic E-state index is -1.12. The lowest BCUT2D eigenvalue weighted by Crippen LogP contribution is -2.10. The number of aliphatic carboxylic acids is 1. The molecule has 0 aliphatic heterocycles. The van der Waals surface area contributed by atoms with Gasteiger partial charge in [-0.1, -0.05) is 23.7 Å². The molecule has 0 fully saturated rings. The van der Waals surface area contributed by atoms with Gasteiger partial charge in [0.2, 0.25) is 0 Å². The van der Waals surface area contributed by atoms with Crippen LogP contribution < -0.4 is 4.74 Å². The lowest BCUT2D eigenvalue weighted by Gasteiger charge is -2.09. The van der Waals surface area contributed by atoms with Crippen LogP contribution in [0.2, 0.25) is 5.02 Å². The second-order valence-corrected chi connectivity index (χ2v) is 5.93. The Morgan fingerprint density at radius 1 is 1.38 bits per heavy atom. The zero-order valence-corrected chi connectivity index (χ0v) is 14.4. The summed E-state index contributed by atoms with van der Waals surface area (Å²) in [5.74, 6) is -1.30. The van der Waals surface area contributed by atoms with Crippen molar-refractivity contribution >= 4 is 45.1 Å². The molecule has 0 radical (unpaired) electrons. The van der Waals surface area contributed by atoms with E-state index < -0.39 is 12.6 Å². The van der Waals surface area contributed by atoms with E-state index in [0.29, 0.717) is 21.2 Å². The predicted molar refractivity (Wildman–Crippen MR) is 92.2 cm³/mol. The van der Waals surface area contributed by atoms with E-state index in [0.717, 1.165) is 0 Å². The van der Waals surface area contributed by atoms with Crippen LogP contribution in [0.1, 0.15) is 11.1 Å². The number of ether oxygens (including phenoxy) is 1. The molecular formula is C17H10BrClFNO3. The molecule has 24 heavy (non-hydrogen) atoms. The molecule has 7 heteroatoms. The van der Waals surface area contributed by atoms with Crippen LogP contribution in [0, 0.1) is 17.1 Å². The fourth-order valence-corrected chi connectivity index (χ4v) is 2.90. The maximum atomic E-state index is 13.0. The van der Waals surface area contributed by atoms with Crippen molar-refractivity contribution in [3.63, 3.8) is 0 Å². The lowest BCUT2D eigenvalue weighted by atomic mass is 10.0. The highest BCUT2D eigenvalue weighted by atomic mass is 79.9. The van der Waals surface area contributed by atoms with Gasteiger partial charge in [0, 0.05) is 0 Å². The highest BCUT2D eigenvalue weighted by Crippen LogP contribution is 2.35. The summed E-state index contributed by atoms with van der Waals surface area (Å²) >= 11 is 9.36. The molecule has 2 aromatic carbocycles. The molecule has 0 amide bonds. The molecule has 0 atom stereocenters. The molecule has 1 N–H and O–H groups in total. The van der Waals surface area contributed by atoms with Crippen molar-refractivity contribution in [1.29, 1.82) is 5.26 Å². The Morgan fingerprint density at radius 3 is 2.58 bits per heavy atom. The lowest BCUT2D eigenvalue weighted by molar-refractivity contribution is -0.139. The van der Waals surface area contributed by atoms with E-state index >= 15 is 0 Å². The van der Waals surface area contributed by atoms with Gasteiger partial charge in [-0.25, -0.2) is 9.18 Å². The van der Waals surface area contributed by atoms with Crippen molar-refractivity contribution in [1.82, 2.24) is 0 Å². The Kier molecular flexibility index (Phi) is 5.96. The van der Waals surface area contributed by atoms with Gasteiger partial charge in [0.1, 0.15) is 5.82 Å².